The molecule has 0 aliphatic carbocycles. The van der Waals surface area contributed by atoms with Gasteiger partial charge in [-0.05, 0) is 55.7 Å². The number of nitrogens with zero attached hydrogens (tertiary/aromatic N) is 1. The van der Waals surface area contributed by atoms with Gasteiger partial charge in [-0.3, -0.25) is 4.79 Å². The van der Waals surface area contributed by atoms with Gasteiger partial charge in [0.05, 0.1) is 0 Å². The van der Waals surface area contributed by atoms with E-state index in [1.807, 2.05) is 43.0 Å². The van der Waals surface area contributed by atoms with Crippen molar-refractivity contribution in [3.8, 4) is 0 Å². The molecular weight excluding hydrogens is 260 g/mol. The fourth-order valence-corrected chi connectivity index (χ4v) is 2.42. The van der Waals surface area contributed by atoms with Crippen LogP contribution in [0.2, 0.25) is 0 Å². The molecule has 0 bridgehead atoms. The highest BCUT2D eigenvalue weighted by atomic mass is 16.2. The van der Waals surface area contributed by atoms with Gasteiger partial charge in [0.15, 0.2) is 0 Å². The number of hydrogen-bond acceptors (Lipinski definition) is 2. The molecule has 0 aliphatic rings. The second kappa shape index (κ2) is 6.44. The molecule has 3 heteroatoms. The molecule has 0 spiro atoms. The Morgan fingerprint density at radius 3 is 2.43 bits per heavy atom. The summed E-state index contributed by atoms with van der Waals surface area (Å²) in [4.78, 5) is 14.6. The summed E-state index contributed by atoms with van der Waals surface area (Å²) < 4.78 is 0. The maximum Gasteiger partial charge on any atom is 0.254 e. The second-order valence-electron chi connectivity index (χ2n) is 5.32. The lowest BCUT2D eigenvalue weighted by Gasteiger charge is -2.23. The van der Waals surface area contributed by atoms with Crippen LogP contribution < -0.4 is 5.73 Å². The van der Waals surface area contributed by atoms with Crippen LogP contribution in [0, 0.1) is 13.8 Å². The van der Waals surface area contributed by atoms with Crippen molar-refractivity contribution < 1.29 is 4.79 Å². The third-order valence-corrected chi connectivity index (χ3v) is 3.77. The minimum atomic E-state index is 0.0539. The fraction of sp³-hybridized carbons (Fsp3) is 0.278. The van der Waals surface area contributed by atoms with Crippen molar-refractivity contribution in [1.82, 2.24) is 4.90 Å². The molecule has 2 rings (SSSR count). The number of benzene rings is 2. The molecular formula is C18H22N2O. The lowest BCUT2D eigenvalue weighted by atomic mass is 10.0. The van der Waals surface area contributed by atoms with Gasteiger partial charge in [-0.25, -0.2) is 0 Å². The standard InChI is InChI=1S/C18H22N2O/c1-4-20(12-15-8-6-5-7-13(15)2)18(21)17-10-9-16(19)11-14(17)3/h5-11H,4,12,19H2,1-3H3. The Morgan fingerprint density at radius 1 is 1.10 bits per heavy atom. The molecule has 21 heavy (non-hydrogen) atoms. The predicted molar refractivity (Wildman–Crippen MR) is 87.2 cm³/mol. The number of nitrogen functional groups attached to an aromatic ring is 1. The Labute approximate surface area is 126 Å². The average Bonchev–Trinajstić information content (AvgIpc) is 2.46. The monoisotopic (exact) mass is 282 g/mol. The second-order valence-corrected chi connectivity index (χ2v) is 5.32. The number of nitrogens with two attached hydrogens (primary N) is 1. The van der Waals surface area contributed by atoms with Gasteiger partial charge in [-0.1, -0.05) is 24.3 Å². The van der Waals surface area contributed by atoms with E-state index in [2.05, 4.69) is 19.1 Å². The topological polar surface area (TPSA) is 46.3 Å². The molecule has 2 aromatic carbocycles. The molecule has 3 nitrogen and oxygen atoms in total. The Hall–Kier alpha value is -2.29. The Bertz CT molecular complexity index is 649. The highest BCUT2D eigenvalue weighted by Crippen LogP contribution is 2.17. The number of amides is 1. The quantitative estimate of drug-likeness (QED) is 0.872. The summed E-state index contributed by atoms with van der Waals surface area (Å²) in [5.41, 5.74) is 10.5. The van der Waals surface area contributed by atoms with Crippen LogP contribution in [0.25, 0.3) is 0 Å². The van der Waals surface area contributed by atoms with Gasteiger partial charge in [0.2, 0.25) is 0 Å². The molecule has 0 heterocycles. The van der Waals surface area contributed by atoms with Gasteiger partial charge in [0.1, 0.15) is 0 Å². The summed E-state index contributed by atoms with van der Waals surface area (Å²) in [6, 6.07) is 13.6. The minimum absolute atomic E-state index is 0.0539. The van der Waals surface area contributed by atoms with Crippen molar-refractivity contribution in [3.05, 3.63) is 64.7 Å². The summed E-state index contributed by atoms with van der Waals surface area (Å²) >= 11 is 0. The van der Waals surface area contributed by atoms with Crippen molar-refractivity contribution in [2.45, 2.75) is 27.3 Å². The number of anilines is 1. The molecule has 0 unspecified atom stereocenters. The summed E-state index contributed by atoms with van der Waals surface area (Å²) in [5.74, 6) is 0.0539. The smallest absolute Gasteiger partial charge is 0.254 e. The molecule has 2 N–H and O–H groups in total. The van der Waals surface area contributed by atoms with Gasteiger partial charge in [-0.2, -0.15) is 0 Å². The van der Waals surface area contributed by atoms with E-state index in [1.54, 1.807) is 6.07 Å². The molecule has 0 aliphatic heterocycles. The molecule has 2 aromatic rings. The molecule has 0 atom stereocenters. The first-order valence-corrected chi connectivity index (χ1v) is 7.22. The van der Waals surface area contributed by atoms with Crippen LogP contribution in [-0.4, -0.2) is 17.4 Å². The maximum atomic E-state index is 12.7. The fourth-order valence-electron chi connectivity index (χ4n) is 2.42. The highest BCUT2D eigenvalue weighted by Gasteiger charge is 2.17. The predicted octanol–water partition coefficient (Wildman–Crippen LogP) is 3.55. The first-order chi connectivity index (χ1) is 10.0. The van der Waals surface area contributed by atoms with Crippen LogP contribution in [0.4, 0.5) is 5.69 Å². The van der Waals surface area contributed by atoms with Crippen molar-refractivity contribution in [2.75, 3.05) is 12.3 Å². The van der Waals surface area contributed by atoms with Crippen molar-refractivity contribution >= 4 is 11.6 Å². The zero-order valence-electron chi connectivity index (χ0n) is 12.9. The minimum Gasteiger partial charge on any atom is -0.399 e. The lowest BCUT2D eigenvalue weighted by molar-refractivity contribution is 0.0751. The van der Waals surface area contributed by atoms with Crippen LogP contribution in [0.5, 0.6) is 0 Å². The Kier molecular flexibility index (Phi) is 4.63. The van der Waals surface area contributed by atoms with Crippen molar-refractivity contribution in [2.24, 2.45) is 0 Å². The zero-order chi connectivity index (χ0) is 15.4. The van der Waals surface area contributed by atoms with E-state index in [0.717, 1.165) is 11.1 Å². The first kappa shape index (κ1) is 15.1. The Balaban J connectivity index is 2.25. The number of rotatable bonds is 4. The van der Waals surface area contributed by atoms with E-state index in [9.17, 15) is 4.79 Å². The molecule has 0 saturated heterocycles. The maximum absolute atomic E-state index is 12.7. The number of carbonyl (C=O) groups excluding carboxylic acids is 1. The molecule has 0 aromatic heterocycles. The van der Waals surface area contributed by atoms with Gasteiger partial charge in [0.25, 0.3) is 5.91 Å². The van der Waals surface area contributed by atoms with Crippen LogP contribution in [0.1, 0.15) is 34.0 Å². The van der Waals surface area contributed by atoms with Gasteiger partial charge in [-0.15, -0.1) is 0 Å². The van der Waals surface area contributed by atoms with E-state index in [0.29, 0.717) is 18.8 Å². The highest BCUT2D eigenvalue weighted by molar-refractivity contribution is 5.96. The molecule has 1 amide bonds. The van der Waals surface area contributed by atoms with Crippen molar-refractivity contribution in [3.63, 3.8) is 0 Å². The lowest BCUT2D eigenvalue weighted by Crippen LogP contribution is -2.31. The summed E-state index contributed by atoms with van der Waals surface area (Å²) in [5, 5.41) is 0. The number of hydrogen-bond donors (Lipinski definition) is 1. The Morgan fingerprint density at radius 2 is 1.81 bits per heavy atom. The summed E-state index contributed by atoms with van der Waals surface area (Å²) in [6.45, 7) is 7.30. The largest absolute Gasteiger partial charge is 0.399 e. The van der Waals surface area contributed by atoms with Crippen LogP contribution in [0.3, 0.4) is 0 Å². The molecule has 110 valence electrons. The number of aryl methyl sites for hydroxylation is 2. The van der Waals surface area contributed by atoms with Gasteiger partial charge < -0.3 is 10.6 Å². The van der Waals surface area contributed by atoms with Crippen LogP contribution >= 0.6 is 0 Å². The third kappa shape index (κ3) is 3.43. The van der Waals surface area contributed by atoms with E-state index in [4.69, 9.17) is 5.73 Å². The summed E-state index contributed by atoms with van der Waals surface area (Å²) in [6.07, 6.45) is 0. The molecule has 0 radical (unpaired) electrons. The van der Waals surface area contributed by atoms with E-state index >= 15 is 0 Å². The average molecular weight is 282 g/mol. The summed E-state index contributed by atoms with van der Waals surface area (Å²) in [7, 11) is 0. The SMILES string of the molecule is CCN(Cc1ccccc1C)C(=O)c1ccc(N)cc1C. The van der Waals surface area contributed by atoms with Gasteiger partial charge >= 0.3 is 0 Å². The van der Waals surface area contributed by atoms with E-state index < -0.39 is 0 Å². The zero-order valence-corrected chi connectivity index (χ0v) is 12.9. The normalized spacial score (nSPS) is 10.4. The molecule has 0 fully saturated rings. The van der Waals surface area contributed by atoms with E-state index in [-0.39, 0.29) is 5.91 Å². The third-order valence-electron chi connectivity index (χ3n) is 3.77. The molecule has 0 saturated carbocycles. The van der Waals surface area contributed by atoms with Crippen LogP contribution in [-0.2, 0) is 6.54 Å². The van der Waals surface area contributed by atoms with E-state index in [1.165, 1.54) is 11.1 Å². The first-order valence-electron chi connectivity index (χ1n) is 7.22. The number of carbonyl (C=O) groups is 1. The van der Waals surface area contributed by atoms with Crippen molar-refractivity contribution in [1.29, 1.82) is 0 Å². The van der Waals surface area contributed by atoms with Crippen LogP contribution in [0.15, 0.2) is 42.5 Å². The van der Waals surface area contributed by atoms with Gasteiger partial charge in [0, 0.05) is 24.3 Å².